The molecule has 0 spiro atoms. The van der Waals surface area contributed by atoms with Gasteiger partial charge in [0.1, 0.15) is 5.82 Å². The fraction of sp³-hybridized carbons (Fsp3) is 0.312. The SMILES string of the molecule is NC(=NCc1cccnn1)N1CCN(c2ccc(F)cc2)CC1. The van der Waals surface area contributed by atoms with Crippen molar-refractivity contribution >= 4 is 11.6 Å². The molecule has 1 saturated heterocycles. The summed E-state index contributed by atoms with van der Waals surface area (Å²) < 4.78 is 13.0. The van der Waals surface area contributed by atoms with E-state index in [-0.39, 0.29) is 5.82 Å². The standard InChI is InChI=1S/C16H19FN6/c17-13-3-5-15(6-4-13)22-8-10-23(11-9-22)16(18)19-12-14-2-1-7-20-21-14/h1-7H,8-12H2,(H2,18,19). The summed E-state index contributed by atoms with van der Waals surface area (Å²) in [7, 11) is 0. The summed E-state index contributed by atoms with van der Waals surface area (Å²) in [6.45, 7) is 3.65. The van der Waals surface area contributed by atoms with Crippen LogP contribution in [0.15, 0.2) is 47.6 Å². The Kier molecular flexibility index (Phi) is 4.65. The summed E-state index contributed by atoms with van der Waals surface area (Å²) in [4.78, 5) is 8.64. The van der Waals surface area contributed by atoms with E-state index in [1.807, 2.05) is 12.1 Å². The summed E-state index contributed by atoms with van der Waals surface area (Å²) in [6.07, 6.45) is 1.63. The molecule has 0 radical (unpaired) electrons. The molecule has 2 heterocycles. The molecule has 0 atom stereocenters. The molecular weight excluding hydrogens is 295 g/mol. The van der Waals surface area contributed by atoms with Crippen molar-refractivity contribution < 1.29 is 4.39 Å². The lowest BCUT2D eigenvalue weighted by Crippen LogP contribution is -2.51. The number of hydrogen-bond donors (Lipinski definition) is 1. The van der Waals surface area contributed by atoms with Crippen LogP contribution in [0.2, 0.25) is 0 Å². The summed E-state index contributed by atoms with van der Waals surface area (Å²) >= 11 is 0. The molecule has 1 fully saturated rings. The van der Waals surface area contributed by atoms with Crippen LogP contribution in [-0.2, 0) is 6.54 Å². The number of guanidine groups is 1. The van der Waals surface area contributed by atoms with Crippen molar-refractivity contribution in [2.45, 2.75) is 6.54 Å². The first-order valence-electron chi connectivity index (χ1n) is 7.54. The quantitative estimate of drug-likeness (QED) is 0.682. The van der Waals surface area contributed by atoms with Crippen LogP contribution in [0, 0.1) is 5.82 Å². The molecule has 3 rings (SSSR count). The van der Waals surface area contributed by atoms with E-state index in [1.165, 1.54) is 12.1 Å². The van der Waals surface area contributed by atoms with Crippen molar-refractivity contribution in [2.75, 3.05) is 31.1 Å². The summed E-state index contributed by atoms with van der Waals surface area (Å²) in [5, 5.41) is 7.80. The normalized spacial score (nSPS) is 15.8. The van der Waals surface area contributed by atoms with Crippen LogP contribution < -0.4 is 10.6 Å². The number of piperazine rings is 1. The number of aromatic nitrogens is 2. The van der Waals surface area contributed by atoms with Crippen molar-refractivity contribution in [3.05, 3.63) is 54.1 Å². The number of anilines is 1. The van der Waals surface area contributed by atoms with E-state index in [1.54, 1.807) is 18.3 Å². The second-order valence-corrected chi connectivity index (χ2v) is 5.34. The fourth-order valence-corrected chi connectivity index (χ4v) is 2.53. The minimum Gasteiger partial charge on any atom is -0.370 e. The Morgan fingerprint density at radius 3 is 2.52 bits per heavy atom. The third kappa shape index (κ3) is 3.94. The van der Waals surface area contributed by atoms with Crippen LogP contribution in [0.5, 0.6) is 0 Å². The Bertz CT molecular complexity index is 650. The topological polar surface area (TPSA) is 70.6 Å². The smallest absolute Gasteiger partial charge is 0.191 e. The van der Waals surface area contributed by atoms with Crippen molar-refractivity contribution in [3.63, 3.8) is 0 Å². The number of hydrogen-bond acceptors (Lipinski definition) is 4. The maximum absolute atomic E-state index is 13.0. The van der Waals surface area contributed by atoms with E-state index < -0.39 is 0 Å². The second kappa shape index (κ2) is 7.04. The molecule has 1 aromatic heterocycles. The van der Waals surface area contributed by atoms with Crippen LogP contribution in [0.3, 0.4) is 0 Å². The van der Waals surface area contributed by atoms with E-state index >= 15 is 0 Å². The average molecular weight is 314 g/mol. The zero-order valence-corrected chi connectivity index (χ0v) is 12.8. The third-order valence-electron chi connectivity index (χ3n) is 3.83. The monoisotopic (exact) mass is 314 g/mol. The largest absolute Gasteiger partial charge is 0.370 e. The second-order valence-electron chi connectivity index (χ2n) is 5.34. The van der Waals surface area contributed by atoms with Gasteiger partial charge in [-0.2, -0.15) is 10.2 Å². The number of benzene rings is 1. The number of halogens is 1. The van der Waals surface area contributed by atoms with Gasteiger partial charge in [-0.05, 0) is 36.4 Å². The van der Waals surface area contributed by atoms with Gasteiger partial charge in [0.25, 0.3) is 0 Å². The predicted octanol–water partition coefficient (Wildman–Crippen LogP) is 1.25. The lowest BCUT2D eigenvalue weighted by molar-refractivity contribution is 0.380. The maximum atomic E-state index is 13.0. The number of nitrogens with zero attached hydrogens (tertiary/aromatic N) is 5. The van der Waals surface area contributed by atoms with E-state index in [4.69, 9.17) is 5.73 Å². The first-order chi connectivity index (χ1) is 11.2. The van der Waals surface area contributed by atoms with Gasteiger partial charge < -0.3 is 15.5 Å². The van der Waals surface area contributed by atoms with Crippen LogP contribution in [-0.4, -0.2) is 47.2 Å². The molecule has 2 N–H and O–H groups in total. The third-order valence-corrected chi connectivity index (χ3v) is 3.83. The first kappa shape index (κ1) is 15.2. The highest BCUT2D eigenvalue weighted by atomic mass is 19.1. The fourth-order valence-electron chi connectivity index (χ4n) is 2.53. The lowest BCUT2D eigenvalue weighted by atomic mass is 10.2. The molecule has 0 aliphatic carbocycles. The van der Waals surface area contributed by atoms with Crippen molar-refractivity contribution in [2.24, 2.45) is 10.7 Å². The molecule has 120 valence electrons. The van der Waals surface area contributed by atoms with Gasteiger partial charge in [-0.15, -0.1) is 0 Å². The van der Waals surface area contributed by atoms with Gasteiger partial charge in [0.05, 0.1) is 12.2 Å². The molecule has 1 aromatic carbocycles. The molecule has 23 heavy (non-hydrogen) atoms. The van der Waals surface area contributed by atoms with Crippen LogP contribution in [0.25, 0.3) is 0 Å². The molecule has 2 aromatic rings. The van der Waals surface area contributed by atoms with Gasteiger partial charge in [0, 0.05) is 38.1 Å². The van der Waals surface area contributed by atoms with Crippen molar-refractivity contribution in [1.29, 1.82) is 0 Å². The Morgan fingerprint density at radius 1 is 1.13 bits per heavy atom. The summed E-state index contributed by atoms with van der Waals surface area (Å²) in [5.74, 6) is 0.308. The van der Waals surface area contributed by atoms with Crippen LogP contribution >= 0.6 is 0 Å². The Hall–Kier alpha value is -2.70. The minimum atomic E-state index is -0.215. The van der Waals surface area contributed by atoms with Gasteiger partial charge in [0.15, 0.2) is 5.96 Å². The van der Waals surface area contributed by atoms with Gasteiger partial charge in [-0.3, -0.25) is 0 Å². The first-order valence-corrected chi connectivity index (χ1v) is 7.54. The highest BCUT2D eigenvalue weighted by Crippen LogP contribution is 2.16. The minimum absolute atomic E-state index is 0.215. The van der Waals surface area contributed by atoms with Gasteiger partial charge >= 0.3 is 0 Å². The van der Waals surface area contributed by atoms with Gasteiger partial charge in [-0.1, -0.05) is 0 Å². The van der Waals surface area contributed by atoms with Crippen LogP contribution in [0.4, 0.5) is 10.1 Å². The number of nitrogens with two attached hydrogens (primary N) is 1. The zero-order valence-electron chi connectivity index (χ0n) is 12.8. The molecule has 6 nitrogen and oxygen atoms in total. The predicted molar refractivity (Wildman–Crippen MR) is 87.5 cm³/mol. The van der Waals surface area contributed by atoms with E-state index in [9.17, 15) is 4.39 Å². The number of aliphatic imine (C=N–C) groups is 1. The van der Waals surface area contributed by atoms with E-state index in [0.29, 0.717) is 12.5 Å². The van der Waals surface area contributed by atoms with E-state index in [2.05, 4.69) is 25.0 Å². The highest BCUT2D eigenvalue weighted by Gasteiger charge is 2.18. The average Bonchev–Trinajstić information content (AvgIpc) is 2.61. The van der Waals surface area contributed by atoms with Crippen LogP contribution in [0.1, 0.15) is 5.69 Å². The summed E-state index contributed by atoms with van der Waals surface area (Å²) in [6, 6.07) is 10.3. The molecule has 0 amide bonds. The lowest BCUT2D eigenvalue weighted by Gasteiger charge is -2.36. The molecule has 1 aliphatic rings. The molecule has 1 aliphatic heterocycles. The van der Waals surface area contributed by atoms with Crippen molar-refractivity contribution in [3.8, 4) is 0 Å². The molecular formula is C16H19FN6. The Morgan fingerprint density at radius 2 is 1.87 bits per heavy atom. The van der Waals surface area contributed by atoms with Crippen molar-refractivity contribution in [1.82, 2.24) is 15.1 Å². The molecule has 0 bridgehead atoms. The summed E-state index contributed by atoms with van der Waals surface area (Å²) in [5.41, 5.74) is 7.88. The van der Waals surface area contributed by atoms with Gasteiger partial charge in [-0.25, -0.2) is 9.38 Å². The van der Waals surface area contributed by atoms with E-state index in [0.717, 1.165) is 37.6 Å². The Balaban J connectivity index is 1.54. The number of rotatable bonds is 3. The highest BCUT2D eigenvalue weighted by molar-refractivity contribution is 5.78. The molecule has 7 heteroatoms. The Labute approximate surface area is 134 Å². The molecule has 0 unspecified atom stereocenters. The van der Waals surface area contributed by atoms with Gasteiger partial charge in [0.2, 0.25) is 0 Å². The molecule has 0 saturated carbocycles. The zero-order chi connectivity index (χ0) is 16.1. The maximum Gasteiger partial charge on any atom is 0.191 e.